The molecule has 8 heteroatoms. The van der Waals surface area contributed by atoms with Crippen molar-refractivity contribution < 1.29 is 17.9 Å². The van der Waals surface area contributed by atoms with Gasteiger partial charge in [-0.05, 0) is 49.8 Å². The highest BCUT2D eigenvalue weighted by atomic mass is 32.2. The summed E-state index contributed by atoms with van der Waals surface area (Å²) in [6.45, 7) is 0.387. The van der Waals surface area contributed by atoms with Crippen molar-refractivity contribution in [2.45, 2.75) is 55.5 Å². The third kappa shape index (κ3) is 4.55. The maximum Gasteiger partial charge on any atom is 0.251 e. The average molecular weight is 381 g/mol. The molecule has 4 N–H and O–H groups in total. The zero-order chi connectivity index (χ0) is 18.7. The summed E-state index contributed by atoms with van der Waals surface area (Å²) >= 11 is 0. The van der Waals surface area contributed by atoms with Crippen LogP contribution < -0.4 is 20.5 Å². The number of rotatable bonds is 8. The van der Waals surface area contributed by atoms with Crippen LogP contribution in [0.1, 0.15) is 48.9 Å². The second-order valence-corrected chi connectivity index (χ2v) is 8.86. The van der Waals surface area contributed by atoms with Crippen LogP contribution in [-0.4, -0.2) is 40.1 Å². The molecule has 2 saturated carbocycles. The normalized spacial score (nSPS) is 19.3. The van der Waals surface area contributed by atoms with Gasteiger partial charge in [0.05, 0.1) is 7.11 Å². The minimum Gasteiger partial charge on any atom is -0.495 e. The van der Waals surface area contributed by atoms with Gasteiger partial charge in [0.2, 0.25) is 10.0 Å². The fourth-order valence-corrected chi connectivity index (χ4v) is 4.86. The Hall–Kier alpha value is -1.64. The molecule has 1 aromatic carbocycles. The number of carbonyl (C=O) groups excluding carboxylic acids is 1. The fraction of sp³-hybridized carbons (Fsp3) is 0.611. The Morgan fingerprint density at radius 1 is 1.27 bits per heavy atom. The molecule has 0 heterocycles. The van der Waals surface area contributed by atoms with Gasteiger partial charge in [-0.25, -0.2) is 13.1 Å². The summed E-state index contributed by atoms with van der Waals surface area (Å²) in [4.78, 5) is 12.4. The Morgan fingerprint density at radius 3 is 2.58 bits per heavy atom. The van der Waals surface area contributed by atoms with E-state index in [-0.39, 0.29) is 34.2 Å². The summed E-state index contributed by atoms with van der Waals surface area (Å²) < 4.78 is 33.5. The molecule has 0 radical (unpaired) electrons. The predicted molar refractivity (Wildman–Crippen MR) is 98.6 cm³/mol. The third-order valence-corrected chi connectivity index (χ3v) is 6.66. The van der Waals surface area contributed by atoms with E-state index in [1.807, 2.05) is 0 Å². The molecule has 0 spiro atoms. The smallest absolute Gasteiger partial charge is 0.251 e. The number of amides is 1. The lowest BCUT2D eigenvalue weighted by molar-refractivity contribution is 0.0950. The molecule has 0 bridgehead atoms. The van der Waals surface area contributed by atoms with Gasteiger partial charge in [0.15, 0.2) is 0 Å². The highest BCUT2D eigenvalue weighted by Gasteiger charge is 2.29. The number of hydrogen-bond donors (Lipinski definition) is 3. The van der Waals surface area contributed by atoms with Crippen molar-refractivity contribution in [2.75, 3.05) is 13.7 Å². The zero-order valence-electron chi connectivity index (χ0n) is 15.0. The molecule has 144 valence electrons. The topological polar surface area (TPSA) is 111 Å². The van der Waals surface area contributed by atoms with E-state index in [1.165, 1.54) is 19.2 Å². The van der Waals surface area contributed by atoms with Crippen molar-refractivity contribution in [2.24, 2.45) is 11.7 Å². The number of nitrogens with one attached hydrogen (secondary N) is 2. The van der Waals surface area contributed by atoms with Gasteiger partial charge in [-0.1, -0.05) is 12.8 Å². The molecule has 2 aliphatic carbocycles. The van der Waals surface area contributed by atoms with Crippen LogP contribution in [0.4, 0.5) is 0 Å². The van der Waals surface area contributed by atoms with Crippen LogP contribution in [0.3, 0.4) is 0 Å². The maximum atomic E-state index is 12.8. The number of carbonyl (C=O) groups is 1. The molecule has 0 aromatic heterocycles. The first kappa shape index (κ1) is 19.1. The minimum atomic E-state index is -3.76. The quantitative estimate of drug-likeness (QED) is 0.630. The SMILES string of the molecule is COc1ccc(C(=O)NCC(N)C2CC2)cc1S(=O)(=O)NC1CCCC1. The number of hydrogen-bond acceptors (Lipinski definition) is 5. The molecular weight excluding hydrogens is 354 g/mol. The van der Waals surface area contributed by atoms with Gasteiger partial charge in [0, 0.05) is 24.2 Å². The lowest BCUT2D eigenvalue weighted by atomic mass is 10.1. The number of ether oxygens (including phenoxy) is 1. The Labute approximate surface area is 154 Å². The van der Waals surface area contributed by atoms with E-state index in [2.05, 4.69) is 10.0 Å². The van der Waals surface area contributed by atoms with Crippen LogP contribution in [0, 0.1) is 5.92 Å². The van der Waals surface area contributed by atoms with Crippen molar-refractivity contribution >= 4 is 15.9 Å². The van der Waals surface area contributed by atoms with Crippen LogP contribution in [-0.2, 0) is 10.0 Å². The van der Waals surface area contributed by atoms with Crippen LogP contribution in [0.25, 0.3) is 0 Å². The Kier molecular flexibility index (Phi) is 5.84. The van der Waals surface area contributed by atoms with E-state index in [0.29, 0.717) is 12.5 Å². The molecule has 0 aliphatic heterocycles. The highest BCUT2D eigenvalue weighted by Crippen LogP contribution is 2.31. The molecule has 26 heavy (non-hydrogen) atoms. The summed E-state index contributed by atoms with van der Waals surface area (Å²) in [5, 5.41) is 2.79. The number of sulfonamides is 1. The van der Waals surface area contributed by atoms with Gasteiger partial charge < -0.3 is 15.8 Å². The van der Waals surface area contributed by atoms with Gasteiger partial charge in [-0.15, -0.1) is 0 Å². The van der Waals surface area contributed by atoms with Crippen molar-refractivity contribution in [1.82, 2.24) is 10.0 Å². The van der Waals surface area contributed by atoms with E-state index in [9.17, 15) is 13.2 Å². The lowest BCUT2D eigenvalue weighted by Gasteiger charge is -2.16. The van der Waals surface area contributed by atoms with Gasteiger partial charge >= 0.3 is 0 Å². The van der Waals surface area contributed by atoms with E-state index in [4.69, 9.17) is 10.5 Å². The molecule has 2 aliphatic rings. The van der Waals surface area contributed by atoms with Crippen LogP contribution >= 0.6 is 0 Å². The second kappa shape index (κ2) is 7.94. The molecule has 3 rings (SSSR count). The molecule has 2 fully saturated rings. The Morgan fingerprint density at radius 2 is 1.96 bits per heavy atom. The van der Waals surface area contributed by atoms with Crippen molar-refractivity contribution in [3.8, 4) is 5.75 Å². The molecule has 1 aromatic rings. The summed E-state index contributed by atoms with van der Waals surface area (Å²) in [7, 11) is -2.34. The predicted octanol–water partition coefficient (Wildman–Crippen LogP) is 1.38. The summed E-state index contributed by atoms with van der Waals surface area (Å²) in [6, 6.07) is 4.33. The van der Waals surface area contributed by atoms with E-state index >= 15 is 0 Å². The van der Waals surface area contributed by atoms with Crippen molar-refractivity contribution in [3.63, 3.8) is 0 Å². The van der Waals surface area contributed by atoms with E-state index < -0.39 is 10.0 Å². The summed E-state index contributed by atoms with van der Waals surface area (Å²) in [5.41, 5.74) is 6.28. The van der Waals surface area contributed by atoms with E-state index in [1.54, 1.807) is 6.07 Å². The Balaban J connectivity index is 1.75. The molecule has 0 saturated heterocycles. The fourth-order valence-electron chi connectivity index (χ4n) is 3.36. The summed E-state index contributed by atoms with van der Waals surface area (Å²) in [5.74, 6) is 0.375. The first-order valence-corrected chi connectivity index (χ1v) is 10.6. The van der Waals surface area contributed by atoms with Crippen LogP contribution in [0.15, 0.2) is 23.1 Å². The second-order valence-electron chi connectivity index (χ2n) is 7.18. The van der Waals surface area contributed by atoms with Crippen LogP contribution in [0.5, 0.6) is 5.75 Å². The van der Waals surface area contributed by atoms with Gasteiger partial charge in [0.25, 0.3) is 5.91 Å². The summed E-state index contributed by atoms with van der Waals surface area (Å²) in [6.07, 6.45) is 5.92. The number of benzene rings is 1. The zero-order valence-corrected chi connectivity index (χ0v) is 15.8. The van der Waals surface area contributed by atoms with E-state index in [0.717, 1.165) is 38.5 Å². The first-order valence-electron chi connectivity index (χ1n) is 9.15. The highest BCUT2D eigenvalue weighted by molar-refractivity contribution is 7.89. The molecule has 1 unspecified atom stereocenters. The van der Waals surface area contributed by atoms with Crippen molar-refractivity contribution in [1.29, 1.82) is 0 Å². The molecular formula is C18H27N3O4S. The minimum absolute atomic E-state index is 0.00830. The van der Waals surface area contributed by atoms with Gasteiger partial charge in [-0.3, -0.25) is 4.79 Å². The Bertz CT molecular complexity index is 756. The maximum absolute atomic E-state index is 12.8. The van der Waals surface area contributed by atoms with Crippen LogP contribution in [0.2, 0.25) is 0 Å². The molecule has 7 nitrogen and oxygen atoms in total. The van der Waals surface area contributed by atoms with Crippen molar-refractivity contribution in [3.05, 3.63) is 23.8 Å². The molecule has 1 amide bonds. The van der Waals surface area contributed by atoms with Gasteiger partial charge in [0.1, 0.15) is 10.6 Å². The number of nitrogens with two attached hydrogens (primary N) is 1. The lowest BCUT2D eigenvalue weighted by Crippen LogP contribution is -2.38. The first-order chi connectivity index (χ1) is 12.4. The standard InChI is InChI=1S/C18H27N3O4S/c1-25-16-9-8-13(18(22)20-11-15(19)12-6-7-12)10-17(16)26(23,24)21-14-4-2-3-5-14/h8-10,12,14-15,21H,2-7,11,19H2,1H3,(H,20,22). The third-order valence-electron chi connectivity index (χ3n) is 5.12. The monoisotopic (exact) mass is 381 g/mol. The largest absolute Gasteiger partial charge is 0.495 e. The average Bonchev–Trinajstić information content (AvgIpc) is 3.37. The van der Waals surface area contributed by atoms with Gasteiger partial charge in [-0.2, -0.15) is 0 Å². The number of methoxy groups -OCH3 is 1. The molecule has 1 atom stereocenters.